The van der Waals surface area contributed by atoms with Crippen molar-refractivity contribution >= 4 is 11.9 Å². The number of aliphatic carboxylic acids is 1. The van der Waals surface area contributed by atoms with E-state index in [1.54, 1.807) is 0 Å². The van der Waals surface area contributed by atoms with Gasteiger partial charge in [0.15, 0.2) is 0 Å². The maximum Gasteiger partial charge on any atom is 0.309 e. The highest BCUT2D eigenvalue weighted by Crippen LogP contribution is 2.21. The molecular weight excluding hydrogens is 657 g/mol. The number of carboxylic acid groups (broad SMARTS) is 1. The molecular formula is C48H98O5. The van der Waals surface area contributed by atoms with Crippen LogP contribution in [0.15, 0.2) is 0 Å². The molecule has 2 N–H and O–H groups in total. The second-order valence-electron chi connectivity index (χ2n) is 16.1. The summed E-state index contributed by atoms with van der Waals surface area (Å²) in [5, 5.41) is 18.4. The highest BCUT2D eigenvalue weighted by atomic mass is 16.5. The first-order valence-corrected chi connectivity index (χ1v) is 23.8. The van der Waals surface area contributed by atoms with Gasteiger partial charge in [-0.3, -0.25) is 9.59 Å². The smallest absolute Gasteiger partial charge is 0.309 e. The van der Waals surface area contributed by atoms with Crippen LogP contribution in [0, 0.1) is 11.8 Å². The molecule has 320 valence electrons. The standard InChI is InChI=1S/C24H48O2.C16H34O.C8H16O2/c1-5-9-12-14-15-16-18-21-23(20-17-13-10-6-2)26-24(25)22(8-4)19-11-7-3;1-3-5-7-9-10-11-13-15-16(17)14-12-8-6-4-2;1-3-5-6-7(4-2)8(9)10/h22-23H,5-21H2,1-4H3;16-17H,3-15H2,1-2H3;7H,3-6H2,1-2H3,(H,9,10). The lowest BCUT2D eigenvalue weighted by molar-refractivity contribution is -0.155. The number of hydrogen-bond acceptors (Lipinski definition) is 4. The summed E-state index contributed by atoms with van der Waals surface area (Å²) in [5.41, 5.74) is 0. The Kier molecular flexibility index (Phi) is 49.9. The fraction of sp³-hybridized carbons (Fsp3) is 0.958. The average Bonchev–Trinajstić information content (AvgIpc) is 3.15. The van der Waals surface area contributed by atoms with Crippen LogP contribution in [-0.2, 0) is 14.3 Å². The minimum Gasteiger partial charge on any atom is -0.481 e. The number of esters is 1. The van der Waals surface area contributed by atoms with Crippen molar-refractivity contribution < 1.29 is 24.5 Å². The predicted octanol–water partition coefficient (Wildman–Crippen LogP) is 16.0. The van der Waals surface area contributed by atoms with E-state index in [1.165, 1.54) is 141 Å². The molecule has 0 aromatic carbocycles. The van der Waals surface area contributed by atoms with Gasteiger partial charge in [-0.1, -0.05) is 209 Å². The van der Waals surface area contributed by atoms with Gasteiger partial charge in [-0.05, 0) is 64.2 Å². The number of rotatable bonds is 37. The van der Waals surface area contributed by atoms with Crippen molar-refractivity contribution in [3.8, 4) is 0 Å². The zero-order valence-electron chi connectivity index (χ0n) is 37.5. The Morgan fingerprint density at radius 3 is 1.04 bits per heavy atom. The first-order chi connectivity index (χ1) is 25.7. The van der Waals surface area contributed by atoms with E-state index in [9.17, 15) is 14.7 Å². The first-order valence-electron chi connectivity index (χ1n) is 23.8. The monoisotopic (exact) mass is 755 g/mol. The van der Waals surface area contributed by atoms with E-state index < -0.39 is 5.97 Å². The van der Waals surface area contributed by atoms with Gasteiger partial charge in [0.05, 0.1) is 17.9 Å². The van der Waals surface area contributed by atoms with Crippen LogP contribution >= 0.6 is 0 Å². The van der Waals surface area contributed by atoms with E-state index in [0.29, 0.717) is 0 Å². The normalized spacial score (nSPS) is 13.2. The average molecular weight is 755 g/mol. The van der Waals surface area contributed by atoms with Crippen molar-refractivity contribution in [2.75, 3.05) is 0 Å². The molecule has 0 amide bonds. The second kappa shape index (κ2) is 47.1. The Hall–Kier alpha value is -1.10. The molecule has 0 bridgehead atoms. The lowest BCUT2D eigenvalue weighted by atomic mass is 9.98. The van der Waals surface area contributed by atoms with Gasteiger partial charge in [0.25, 0.3) is 0 Å². The van der Waals surface area contributed by atoms with Gasteiger partial charge >= 0.3 is 11.9 Å². The van der Waals surface area contributed by atoms with E-state index in [4.69, 9.17) is 9.84 Å². The molecule has 4 unspecified atom stereocenters. The van der Waals surface area contributed by atoms with Crippen LogP contribution in [-0.4, -0.2) is 34.4 Å². The van der Waals surface area contributed by atoms with Crippen LogP contribution in [0.4, 0.5) is 0 Å². The minimum absolute atomic E-state index is 0.0255. The molecule has 0 heterocycles. The van der Waals surface area contributed by atoms with Crippen LogP contribution in [0.5, 0.6) is 0 Å². The maximum atomic E-state index is 12.6. The van der Waals surface area contributed by atoms with Crippen molar-refractivity contribution in [3.05, 3.63) is 0 Å². The Morgan fingerprint density at radius 1 is 0.396 bits per heavy atom. The third-order valence-electron chi connectivity index (χ3n) is 10.8. The first kappa shape index (κ1) is 56.2. The molecule has 0 rings (SSSR count). The van der Waals surface area contributed by atoms with E-state index >= 15 is 0 Å². The van der Waals surface area contributed by atoms with Crippen LogP contribution < -0.4 is 0 Å². The summed E-state index contributed by atoms with van der Waals surface area (Å²) in [7, 11) is 0. The number of aliphatic hydroxyl groups is 1. The molecule has 0 saturated carbocycles. The molecule has 5 nitrogen and oxygen atoms in total. The second-order valence-corrected chi connectivity index (χ2v) is 16.1. The van der Waals surface area contributed by atoms with Crippen LogP contribution in [0.2, 0.25) is 0 Å². The summed E-state index contributed by atoms with van der Waals surface area (Å²) in [4.78, 5) is 23.0. The summed E-state index contributed by atoms with van der Waals surface area (Å²) < 4.78 is 5.99. The van der Waals surface area contributed by atoms with Crippen molar-refractivity contribution in [2.24, 2.45) is 11.8 Å². The van der Waals surface area contributed by atoms with E-state index in [2.05, 4.69) is 48.5 Å². The zero-order valence-corrected chi connectivity index (χ0v) is 37.5. The van der Waals surface area contributed by atoms with Crippen LogP contribution in [0.25, 0.3) is 0 Å². The topological polar surface area (TPSA) is 83.8 Å². The van der Waals surface area contributed by atoms with Crippen LogP contribution in [0.1, 0.15) is 274 Å². The summed E-state index contributed by atoms with van der Waals surface area (Å²) >= 11 is 0. The van der Waals surface area contributed by atoms with Gasteiger partial charge < -0.3 is 14.9 Å². The molecule has 5 heteroatoms. The lowest BCUT2D eigenvalue weighted by Crippen LogP contribution is -2.24. The highest BCUT2D eigenvalue weighted by molar-refractivity contribution is 5.72. The molecule has 0 fully saturated rings. The highest BCUT2D eigenvalue weighted by Gasteiger charge is 2.21. The Bertz CT molecular complexity index is 710. The van der Waals surface area contributed by atoms with Gasteiger partial charge in [-0.25, -0.2) is 0 Å². The molecule has 0 aromatic rings. The number of carbonyl (C=O) groups is 2. The van der Waals surface area contributed by atoms with Gasteiger partial charge in [0, 0.05) is 0 Å². The molecule has 53 heavy (non-hydrogen) atoms. The molecule has 0 radical (unpaired) electrons. The molecule has 0 spiro atoms. The zero-order chi connectivity index (χ0) is 40.2. The van der Waals surface area contributed by atoms with Gasteiger partial charge in [-0.2, -0.15) is 0 Å². The SMILES string of the molecule is CCCCC(CC)C(=O)O.CCCCCCCCCC(CCCCCC)OC(=O)C(CC)CCCC.CCCCCCCCCC(O)CCCCCC. The Morgan fingerprint density at radius 2 is 0.698 bits per heavy atom. The Balaban J connectivity index is -0.000000790. The number of ether oxygens (including phenoxy) is 1. The fourth-order valence-electron chi connectivity index (χ4n) is 6.83. The molecule has 0 aliphatic carbocycles. The number of carbonyl (C=O) groups excluding carboxylic acids is 1. The fourth-order valence-corrected chi connectivity index (χ4v) is 6.83. The molecule has 0 aliphatic rings. The van der Waals surface area contributed by atoms with Crippen molar-refractivity contribution in [3.63, 3.8) is 0 Å². The minimum atomic E-state index is -0.643. The quantitative estimate of drug-likeness (QED) is 0.0487. The summed E-state index contributed by atoms with van der Waals surface area (Å²) in [6.07, 6.45) is 41.0. The van der Waals surface area contributed by atoms with Crippen molar-refractivity contribution in [1.82, 2.24) is 0 Å². The van der Waals surface area contributed by atoms with Gasteiger partial charge in [-0.15, -0.1) is 0 Å². The Labute approximate surface area is 333 Å². The lowest BCUT2D eigenvalue weighted by Gasteiger charge is -2.21. The molecule has 0 saturated heterocycles. The third kappa shape index (κ3) is 43.5. The molecule has 0 aromatic heterocycles. The summed E-state index contributed by atoms with van der Waals surface area (Å²) in [6, 6.07) is 0. The number of carboxylic acids is 1. The number of unbranched alkanes of at least 4 members (excludes halogenated alkanes) is 20. The van der Waals surface area contributed by atoms with Gasteiger partial charge in [0.1, 0.15) is 6.10 Å². The largest absolute Gasteiger partial charge is 0.481 e. The van der Waals surface area contributed by atoms with Crippen molar-refractivity contribution in [2.45, 2.75) is 286 Å². The number of hydrogen-bond donors (Lipinski definition) is 2. The van der Waals surface area contributed by atoms with E-state index in [1.807, 2.05) is 6.92 Å². The van der Waals surface area contributed by atoms with Gasteiger partial charge in [0.2, 0.25) is 0 Å². The maximum absolute atomic E-state index is 12.6. The number of aliphatic hydroxyl groups excluding tert-OH is 1. The van der Waals surface area contributed by atoms with Crippen LogP contribution in [0.3, 0.4) is 0 Å². The third-order valence-corrected chi connectivity index (χ3v) is 10.8. The molecule has 0 aliphatic heterocycles. The molecule has 4 atom stereocenters. The van der Waals surface area contributed by atoms with E-state index in [0.717, 1.165) is 77.0 Å². The van der Waals surface area contributed by atoms with Crippen molar-refractivity contribution in [1.29, 1.82) is 0 Å². The predicted molar refractivity (Wildman–Crippen MR) is 233 cm³/mol. The summed E-state index contributed by atoms with van der Waals surface area (Å²) in [6.45, 7) is 17.3. The summed E-state index contributed by atoms with van der Waals surface area (Å²) in [5.74, 6) is -0.567. The van der Waals surface area contributed by atoms with E-state index in [-0.39, 0.29) is 30.0 Å².